The van der Waals surface area contributed by atoms with Crippen LogP contribution in [0.2, 0.25) is 0 Å². The number of amides is 3. The maximum atomic E-state index is 11.4. The second-order valence-electron chi connectivity index (χ2n) is 4.20. The lowest BCUT2D eigenvalue weighted by Gasteiger charge is -2.23. The first-order chi connectivity index (χ1) is 7.76. The van der Waals surface area contributed by atoms with Gasteiger partial charge < -0.3 is 10.1 Å². The molecule has 0 saturated carbocycles. The van der Waals surface area contributed by atoms with Gasteiger partial charge in [-0.15, -0.1) is 0 Å². The Morgan fingerprint density at radius 1 is 1.41 bits per heavy atom. The Bertz CT molecular complexity index is 419. The lowest BCUT2D eigenvalue weighted by molar-refractivity contribution is 0.152. The molecule has 98 valence electrons. The first-order valence-corrected chi connectivity index (χ1v) is 7.05. The van der Waals surface area contributed by atoms with Gasteiger partial charge in [0.05, 0.1) is 23.7 Å². The van der Waals surface area contributed by atoms with Crippen LogP contribution in [0.15, 0.2) is 0 Å². The van der Waals surface area contributed by atoms with E-state index in [1.807, 2.05) is 5.32 Å². The summed E-state index contributed by atoms with van der Waals surface area (Å²) < 4.78 is 27.1. The number of alkyl carbamates (subject to hydrolysis) is 1. The summed E-state index contributed by atoms with van der Waals surface area (Å²) in [6, 6.07) is -0.747. The molecule has 0 aliphatic carbocycles. The van der Waals surface area contributed by atoms with Crippen molar-refractivity contribution in [2.45, 2.75) is 25.8 Å². The van der Waals surface area contributed by atoms with Crippen LogP contribution in [-0.2, 0) is 14.6 Å². The summed E-state index contributed by atoms with van der Waals surface area (Å²) in [5, 5.41) is 4.42. The van der Waals surface area contributed by atoms with Gasteiger partial charge >= 0.3 is 12.1 Å². The normalized spacial score (nSPS) is 26.2. The molecule has 1 aliphatic heterocycles. The lowest BCUT2D eigenvalue weighted by atomic mass is 10.0. The van der Waals surface area contributed by atoms with Crippen molar-refractivity contribution in [2.24, 2.45) is 0 Å². The summed E-state index contributed by atoms with van der Waals surface area (Å²) in [4.78, 5) is 22.3. The van der Waals surface area contributed by atoms with E-state index in [2.05, 4.69) is 10.1 Å². The van der Waals surface area contributed by atoms with Gasteiger partial charge in [0.25, 0.3) is 0 Å². The highest BCUT2D eigenvalue weighted by Crippen LogP contribution is 2.22. The Hall–Kier alpha value is -1.31. The number of ether oxygens (including phenoxy) is 1. The predicted molar refractivity (Wildman–Crippen MR) is 60.4 cm³/mol. The molecule has 0 radical (unpaired) electrons. The minimum atomic E-state index is -3.10. The van der Waals surface area contributed by atoms with Crippen LogP contribution >= 0.6 is 0 Å². The highest BCUT2D eigenvalue weighted by molar-refractivity contribution is 7.91. The Morgan fingerprint density at radius 2 is 2.06 bits per heavy atom. The zero-order chi connectivity index (χ0) is 13.1. The molecule has 1 atom stereocenters. The first-order valence-electron chi connectivity index (χ1n) is 5.23. The number of nitrogens with one attached hydrogen (secondary N) is 2. The number of imide groups is 1. The van der Waals surface area contributed by atoms with E-state index < -0.39 is 27.5 Å². The van der Waals surface area contributed by atoms with Gasteiger partial charge in [0.1, 0.15) is 0 Å². The molecule has 3 amide bonds. The third-order valence-electron chi connectivity index (χ3n) is 2.41. The highest BCUT2D eigenvalue weighted by atomic mass is 32.2. The summed E-state index contributed by atoms with van der Waals surface area (Å²) in [5.41, 5.74) is -0.824. The monoisotopic (exact) mass is 264 g/mol. The number of sulfone groups is 1. The molecule has 1 rings (SSSR count). The third-order valence-corrected chi connectivity index (χ3v) is 4.31. The molecular formula is C9H16N2O5S. The van der Waals surface area contributed by atoms with E-state index in [9.17, 15) is 18.0 Å². The number of urea groups is 1. The molecule has 1 heterocycles. The topological polar surface area (TPSA) is 102 Å². The largest absolute Gasteiger partial charge is 0.450 e. The van der Waals surface area contributed by atoms with Gasteiger partial charge in [0.2, 0.25) is 0 Å². The van der Waals surface area contributed by atoms with Gasteiger partial charge in [-0.25, -0.2) is 23.3 Å². The quantitative estimate of drug-likeness (QED) is 0.732. The zero-order valence-corrected chi connectivity index (χ0v) is 10.6. The van der Waals surface area contributed by atoms with Crippen LogP contribution in [0, 0.1) is 0 Å². The van der Waals surface area contributed by atoms with E-state index in [1.165, 1.54) is 0 Å². The van der Waals surface area contributed by atoms with E-state index in [0.29, 0.717) is 6.42 Å². The molecule has 1 saturated heterocycles. The van der Waals surface area contributed by atoms with E-state index >= 15 is 0 Å². The smallest absolute Gasteiger partial charge is 0.415 e. The van der Waals surface area contributed by atoms with Crippen molar-refractivity contribution in [3.8, 4) is 0 Å². The molecule has 0 aromatic heterocycles. The van der Waals surface area contributed by atoms with Crippen LogP contribution in [0.5, 0.6) is 0 Å². The maximum absolute atomic E-state index is 11.4. The first kappa shape index (κ1) is 13.8. The Morgan fingerprint density at radius 3 is 2.53 bits per heavy atom. The van der Waals surface area contributed by atoms with Crippen LogP contribution in [0.4, 0.5) is 9.59 Å². The minimum Gasteiger partial charge on any atom is -0.450 e. The van der Waals surface area contributed by atoms with Gasteiger partial charge in [-0.3, -0.25) is 0 Å². The fourth-order valence-electron chi connectivity index (χ4n) is 1.67. The number of rotatable bonds is 2. The van der Waals surface area contributed by atoms with Crippen molar-refractivity contribution in [3.05, 3.63) is 0 Å². The van der Waals surface area contributed by atoms with Crippen LogP contribution in [-0.4, -0.2) is 44.2 Å². The van der Waals surface area contributed by atoms with Crippen LogP contribution in [0.25, 0.3) is 0 Å². The highest BCUT2D eigenvalue weighted by Gasteiger charge is 2.39. The Labute approximate surface area is 99.8 Å². The van der Waals surface area contributed by atoms with E-state index in [-0.39, 0.29) is 18.1 Å². The van der Waals surface area contributed by atoms with Crippen LogP contribution < -0.4 is 10.6 Å². The summed E-state index contributed by atoms with van der Waals surface area (Å²) in [7, 11) is -3.10. The van der Waals surface area contributed by atoms with Gasteiger partial charge in [0, 0.05) is 0 Å². The number of carbonyl (C=O) groups excluding carboxylic acids is 2. The van der Waals surface area contributed by atoms with Gasteiger partial charge in [0.15, 0.2) is 9.84 Å². The average Bonchev–Trinajstić information content (AvgIpc) is 2.39. The second-order valence-corrected chi connectivity index (χ2v) is 6.39. The van der Waals surface area contributed by atoms with Crippen molar-refractivity contribution in [3.63, 3.8) is 0 Å². The van der Waals surface area contributed by atoms with Crippen molar-refractivity contribution >= 4 is 22.0 Å². The standard InChI is InChI=1S/C9H16N2O5S/c1-3-16-8(13)10-7(12)11-9(2)4-5-17(14,15)6-9/h3-6H2,1-2H3,(H2,10,11,12,13)/t9-/m0/s1. The van der Waals surface area contributed by atoms with Crippen molar-refractivity contribution in [1.82, 2.24) is 10.6 Å². The Balaban J connectivity index is 2.49. The van der Waals surface area contributed by atoms with Gasteiger partial charge in [-0.2, -0.15) is 0 Å². The molecule has 0 spiro atoms. The zero-order valence-electron chi connectivity index (χ0n) is 9.78. The molecular weight excluding hydrogens is 248 g/mol. The molecule has 0 unspecified atom stereocenters. The molecule has 1 fully saturated rings. The van der Waals surface area contributed by atoms with Crippen molar-refractivity contribution in [2.75, 3.05) is 18.1 Å². The average molecular weight is 264 g/mol. The molecule has 0 aromatic carbocycles. The predicted octanol–water partition coefficient (Wildman–Crippen LogP) is 0.0193. The fraction of sp³-hybridized carbons (Fsp3) is 0.778. The second kappa shape index (κ2) is 4.91. The number of carbonyl (C=O) groups is 2. The van der Waals surface area contributed by atoms with Gasteiger partial charge in [-0.05, 0) is 20.3 Å². The third kappa shape index (κ3) is 4.22. The SMILES string of the molecule is CCOC(=O)NC(=O)N[C@@]1(C)CCS(=O)(=O)C1. The van der Waals surface area contributed by atoms with Crippen LogP contribution in [0.3, 0.4) is 0 Å². The summed E-state index contributed by atoms with van der Waals surface area (Å²) in [6.07, 6.45) is -0.513. The summed E-state index contributed by atoms with van der Waals surface area (Å²) in [6.45, 7) is 3.40. The van der Waals surface area contributed by atoms with Crippen molar-refractivity contribution < 1.29 is 22.7 Å². The molecule has 0 aromatic rings. The summed E-state index contributed by atoms with van der Waals surface area (Å²) >= 11 is 0. The maximum Gasteiger partial charge on any atom is 0.415 e. The Kier molecular flexibility index (Phi) is 3.97. The molecule has 8 heteroatoms. The van der Waals surface area contributed by atoms with E-state index in [4.69, 9.17) is 0 Å². The van der Waals surface area contributed by atoms with E-state index in [0.717, 1.165) is 0 Å². The van der Waals surface area contributed by atoms with Crippen LogP contribution in [0.1, 0.15) is 20.3 Å². The summed E-state index contributed by atoms with van der Waals surface area (Å²) in [5.74, 6) is -0.0700. The van der Waals surface area contributed by atoms with E-state index in [1.54, 1.807) is 13.8 Å². The minimum absolute atomic E-state index is 0.0448. The lowest BCUT2D eigenvalue weighted by Crippen LogP contribution is -2.52. The van der Waals surface area contributed by atoms with Crippen molar-refractivity contribution in [1.29, 1.82) is 0 Å². The van der Waals surface area contributed by atoms with Gasteiger partial charge in [-0.1, -0.05) is 0 Å². The molecule has 17 heavy (non-hydrogen) atoms. The fourth-order valence-corrected chi connectivity index (χ4v) is 3.77. The number of hydrogen-bond donors (Lipinski definition) is 2. The molecule has 1 aliphatic rings. The molecule has 2 N–H and O–H groups in total. The number of hydrogen-bond acceptors (Lipinski definition) is 5. The molecule has 0 bridgehead atoms. The molecule has 7 nitrogen and oxygen atoms in total.